The zero-order chi connectivity index (χ0) is 12.0. The fraction of sp³-hybridized carbons (Fsp3) is 0.308. The summed E-state index contributed by atoms with van der Waals surface area (Å²) in [7, 11) is 0. The first-order chi connectivity index (χ1) is 7.61. The number of carbonyl (C=O) groups is 1. The van der Waals surface area contributed by atoms with Crippen molar-refractivity contribution in [2.45, 2.75) is 20.3 Å². The quantitative estimate of drug-likeness (QED) is 0.583. The summed E-state index contributed by atoms with van der Waals surface area (Å²) in [5.41, 5.74) is 1.61. The van der Waals surface area contributed by atoms with Crippen molar-refractivity contribution in [3.8, 4) is 17.6 Å². The lowest BCUT2D eigenvalue weighted by molar-refractivity contribution is -0.118. The van der Waals surface area contributed by atoms with E-state index >= 15 is 0 Å². The maximum absolute atomic E-state index is 10.6. The number of hydrogen-bond acceptors (Lipinski definition) is 2. The molecule has 0 aromatic heterocycles. The molecule has 0 aliphatic heterocycles. The molecule has 0 saturated carbocycles. The third-order valence-corrected chi connectivity index (χ3v) is 2.09. The predicted octanol–water partition coefficient (Wildman–Crippen LogP) is 1.58. The molecule has 0 saturated heterocycles. The monoisotopic (exact) mass is 217 g/mol. The number of aryl methyl sites for hydroxylation is 1. The Morgan fingerprint density at radius 1 is 1.50 bits per heavy atom. The van der Waals surface area contributed by atoms with E-state index in [0.29, 0.717) is 18.5 Å². The van der Waals surface area contributed by atoms with E-state index < -0.39 is 0 Å². The number of phenolic OH excluding ortho intramolecular Hbond substituents is 1. The van der Waals surface area contributed by atoms with Crippen LogP contribution in [0.3, 0.4) is 0 Å². The van der Waals surface area contributed by atoms with Gasteiger partial charge in [0.25, 0.3) is 0 Å². The van der Waals surface area contributed by atoms with E-state index in [0.717, 1.165) is 5.56 Å². The second-order valence-electron chi connectivity index (χ2n) is 3.50. The highest BCUT2D eigenvalue weighted by atomic mass is 16.3. The number of hydrogen-bond donors (Lipinski definition) is 2. The van der Waals surface area contributed by atoms with E-state index in [1.165, 1.54) is 6.92 Å². The van der Waals surface area contributed by atoms with Crippen LogP contribution in [-0.4, -0.2) is 17.6 Å². The van der Waals surface area contributed by atoms with Crippen LogP contribution in [-0.2, 0) is 4.79 Å². The lowest BCUT2D eigenvalue weighted by Crippen LogP contribution is -2.20. The summed E-state index contributed by atoms with van der Waals surface area (Å²) in [4.78, 5) is 10.6. The van der Waals surface area contributed by atoms with Crippen LogP contribution in [0.1, 0.15) is 24.5 Å². The average molecular weight is 217 g/mol. The summed E-state index contributed by atoms with van der Waals surface area (Å²) < 4.78 is 0. The predicted molar refractivity (Wildman–Crippen MR) is 63.0 cm³/mol. The molecule has 1 amide bonds. The van der Waals surface area contributed by atoms with E-state index in [4.69, 9.17) is 0 Å². The molecule has 0 heterocycles. The fourth-order valence-electron chi connectivity index (χ4n) is 1.27. The van der Waals surface area contributed by atoms with Crippen molar-refractivity contribution in [2.24, 2.45) is 0 Å². The molecule has 3 nitrogen and oxygen atoms in total. The molecule has 0 aliphatic rings. The molecule has 0 unspecified atom stereocenters. The molecule has 0 spiro atoms. The number of phenols is 1. The van der Waals surface area contributed by atoms with E-state index in [1.54, 1.807) is 12.1 Å². The highest BCUT2D eigenvalue weighted by Crippen LogP contribution is 2.18. The Labute approximate surface area is 95.5 Å². The third-order valence-electron chi connectivity index (χ3n) is 2.09. The maximum atomic E-state index is 10.6. The van der Waals surface area contributed by atoms with Gasteiger partial charge in [-0.1, -0.05) is 24.0 Å². The molecule has 3 heteroatoms. The minimum atomic E-state index is -0.0551. The maximum Gasteiger partial charge on any atom is 0.216 e. The molecule has 16 heavy (non-hydrogen) atoms. The SMILES string of the molecule is CC(=O)NCCC#Cc1c(C)cccc1O. The van der Waals surface area contributed by atoms with E-state index in [9.17, 15) is 9.90 Å². The molecule has 84 valence electrons. The molecule has 0 bridgehead atoms. The second-order valence-corrected chi connectivity index (χ2v) is 3.50. The Morgan fingerprint density at radius 3 is 2.88 bits per heavy atom. The van der Waals surface area contributed by atoms with Crippen LogP contribution < -0.4 is 5.32 Å². The summed E-state index contributed by atoms with van der Waals surface area (Å²) in [6.45, 7) is 3.91. The molecule has 2 N–H and O–H groups in total. The molecule has 0 atom stereocenters. The summed E-state index contributed by atoms with van der Waals surface area (Å²) in [6, 6.07) is 5.30. The van der Waals surface area contributed by atoms with Crippen molar-refractivity contribution in [1.29, 1.82) is 0 Å². The first-order valence-corrected chi connectivity index (χ1v) is 5.13. The molecule has 1 rings (SSSR count). The Bertz CT molecular complexity index is 421. The summed E-state index contributed by atoms with van der Waals surface area (Å²) in [5.74, 6) is 5.96. The van der Waals surface area contributed by atoms with Crippen LogP contribution in [0.25, 0.3) is 0 Å². The van der Waals surface area contributed by atoms with Gasteiger partial charge in [0.1, 0.15) is 5.75 Å². The van der Waals surface area contributed by atoms with Crippen molar-refractivity contribution in [2.75, 3.05) is 6.54 Å². The van der Waals surface area contributed by atoms with Gasteiger partial charge in [0.15, 0.2) is 0 Å². The molecular formula is C13H15NO2. The largest absolute Gasteiger partial charge is 0.507 e. The van der Waals surface area contributed by atoms with Gasteiger partial charge < -0.3 is 10.4 Å². The normalized spacial score (nSPS) is 9.12. The third kappa shape index (κ3) is 3.66. The number of carbonyl (C=O) groups excluding carboxylic acids is 1. The van der Waals surface area contributed by atoms with Gasteiger partial charge in [-0.05, 0) is 18.6 Å². The molecule has 0 radical (unpaired) electrons. The lowest BCUT2D eigenvalue weighted by Gasteiger charge is -2.00. The summed E-state index contributed by atoms with van der Waals surface area (Å²) in [5, 5.41) is 12.2. The molecule has 0 fully saturated rings. The van der Waals surface area contributed by atoms with Gasteiger partial charge in [0.05, 0.1) is 5.56 Å². The van der Waals surface area contributed by atoms with Crippen LogP contribution in [0.4, 0.5) is 0 Å². The van der Waals surface area contributed by atoms with Gasteiger partial charge in [-0.25, -0.2) is 0 Å². The summed E-state index contributed by atoms with van der Waals surface area (Å²) >= 11 is 0. The van der Waals surface area contributed by atoms with Gasteiger partial charge >= 0.3 is 0 Å². The van der Waals surface area contributed by atoms with Crippen LogP contribution in [0.2, 0.25) is 0 Å². The first-order valence-electron chi connectivity index (χ1n) is 5.13. The standard InChI is InChI=1S/C13H15NO2/c1-10-6-5-8-13(16)12(10)7-3-4-9-14-11(2)15/h5-6,8,16H,4,9H2,1-2H3,(H,14,15). The minimum Gasteiger partial charge on any atom is -0.507 e. The highest BCUT2D eigenvalue weighted by Gasteiger charge is 1.99. The Hall–Kier alpha value is -1.95. The number of rotatable bonds is 2. The van der Waals surface area contributed by atoms with Crippen molar-refractivity contribution < 1.29 is 9.90 Å². The topological polar surface area (TPSA) is 49.3 Å². The molecule has 0 aliphatic carbocycles. The minimum absolute atomic E-state index is 0.0551. The lowest BCUT2D eigenvalue weighted by atomic mass is 10.1. The zero-order valence-electron chi connectivity index (χ0n) is 9.50. The van der Waals surface area contributed by atoms with E-state index in [-0.39, 0.29) is 11.7 Å². The number of nitrogens with one attached hydrogen (secondary N) is 1. The molecule has 1 aromatic rings. The average Bonchev–Trinajstić information content (AvgIpc) is 2.21. The van der Waals surface area contributed by atoms with Crippen molar-refractivity contribution in [3.05, 3.63) is 29.3 Å². The highest BCUT2D eigenvalue weighted by molar-refractivity contribution is 5.72. The molecular weight excluding hydrogens is 202 g/mol. The van der Waals surface area contributed by atoms with E-state index in [1.807, 2.05) is 13.0 Å². The van der Waals surface area contributed by atoms with Gasteiger partial charge in [-0.2, -0.15) is 0 Å². The second kappa shape index (κ2) is 5.82. The van der Waals surface area contributed by atoms with Crippen LogP contribution in [0, 0.1) is 18.8 Å². The number of benzene rings is 1. The van der Waals surface area contributed by atoms with Gasteiger partial charge in [-0.3, -0.25) is 4.79 Å². The Kier molecular flexibility index (Phi) is 4.41. The Morgan fingerprint density at radius 2 is 2.25 bits per heavy atom. The summed E-state index contributed by atoms with van der Waals surface area (Å²) in [6.07, 6.45) is 0.577. The number of amides is 1. The van der Waals surface area contributed by atoms with Crippen LogP contribution in [0.5, 0.6) is 5.75 Å². The van der Waals surface area contributed by atoms with Gasteiger partial charge in [0.2, 0.25) is 5.91 Å². The van der Waals surface area contributed by atoms with Gasteiger partial charge in [-0.15, -0.1) is 0 Å². The smallest absolute Gasteiger partial charge is 0.216 e. The number of aromatic hydroxyl groups is 1. The first kappa shape index (κ1) is 12.1. The van der Waals surface area contributed by atoms with Crippen molar-refractivity contribution in [1.82, 2.24) is 5.32 Å². The van der Waals surface area contributed by atoms with Crippen LogP contribution in [0.15, 0.2) is 18.2 Å². The van der Waals surface area contributed by atoms with Crippen molar-refractivity contribution in [3.63, 3.8) is 0 Å². The Balaban J connectivity index is 2.60. The fourth-order valence-corrected chi connectivity index (χ4v) is 1.27. The van der Waals surface area contributed by atoms with Gasteiger partial charge in [0, 0.05) is 19.9 Å². The zero-order valence-corrected chi connectivity index (χ0v) is 9.50. The van der Waals surface area contributed by atoms with E-state index in [2.05, 4.69) is 17.2 Å². The van der Waals surface area contributed by atoms with Crippen molar-refractivity contribution >= 4 is 5.91 Å². The molecule has 1 aromatic carbocycles. The van der Waals surface area contributed by atoms with Crippen LogP contribution >= 0.6 is 0 Å².